The van der Waals surface area contributed by atoms with Crippen LogP contribution in [-0.4, -0.2) is 21.0 Å². The minimum atomic E-state index is -0.997. The first-order chi connectivity index (χ1) is 8.95. The number of carboxylic acids is 1. The molecule has 0 aliphatic heterocycles. The van der Waals surface area contributed by atoms with E-state index in [1.54, 1.807) is 12.1 Å². The van der Waals surface area contributed by atoms with Crippen LogP contribution in [0.3, 0.4) is 0 Å². The van der Waals surface area contributed by atoms with Crippen LogP contribution < -0.4 is 11.5 Å². The maximum Gasteiger partial charge on any atom is 0.336 e. The Labute approximate surface area is 113 Å². The molecule has 7 heteroatoms. The summed E-state index contributed by atoms with van der Waals surface area (Å²) >= 11 is 1.12. The van der Waals surface area contributed by atoms with E-state index in [0.29, 0.717) is 10.1 Å². The summed E-state index contributed by atoms with van der Waals surface area (Å²) in [5.41, 5.74) is 12.2. The zero-order valence-electron chi connectivity index (χ0n) is 10.1. The molecule has 0 spiro atoms. The number of benzene rings is 1. The molecular weight excluding hydrogens is 264 g/mol. The van der Waals surface area contributed by atoms with E-state index in [2.05, 4.69) is 9.97 Å². The second kappa shape index (κ2) is 5.15. The maximum atomic E-state index is 11.2. The topological polar surface area (TPSA) is 115 Å². The summed E-state index contributed by atoms with van der Waals surface area (Å²) in [5.74, 6) is -0.499. The van der Waals surface area contributed by atoms with Gasteiger partial charge >= 0.3 is 5.97 Å². The van der Waals surface area contributed by atoms with Crippen LogP contribution in [0.4, 0.5) is 11.6 Å². The highest BCUT2D eigenvalue weighted by atomic mass is 32.2. The Kier molecular flexibility index (Phi) is 3.57. The fourth-order valence-electron chi connectivity index (χ4n) is 1.51. The number of nitrogens with zero attached hydrogens (tertiary/aromatic N) is 2. The molecule has 0 saturated carbocycles. The number of anilines is 2. The lowest BCUT2D eigenvalue weighted by Gasteiger charge is -2.06. The molecule has 0 bridgehead atoms. The van der Waals surface area contributed by atoms with E-state index in [0.717, 1.165) is 17.3 Å². The van der Waals surface area contributed by atoms with Crippen molar-refractivity contribution in [3.8, 4) is 0 Å². The molecule has 98 valence electrons. The summed E-state index contributed by atoms with van der Waals surface area (Å²) in [4.78, 5) is 19.8. The standard InChI is InChI=1S/C12H12N4O2S/c1-6-2-3-8(7(4-6)11(17)18)19-12-15-9(13)5-10(14)16-12/h2-5H,1H3,(H,17,18)(H4,13,14,15,16). The fourth-order valence-corrected chi connectivity index (χ4v) is 2.40. The number of aryl methyl sites for hydroxylation is 1. The molecule has 0 radical (unpaired) electrons. The van der Waals surface area contributed by atoms with Gasteiger partial charge in [0.05, 0.1) is 5.56 Å². The Morgan fingerprint density at radius 1 is 1.21 bits per heavy atom. The van der Waals surface area contributed by atoms with Gasteiger partial charge in [-0.25, -0.2) is 14.8 Å². The van der Waals surface area contributed by atoms with E-state index in [9.17, 15) is 9.90 Å². The maximum absolute atomic E-state index is 11.2. The molecule has 19 heavy (non-hydrogen) atoms. The SMILES string of the molecule is Cc1ccc(Sc2nc(N)cc(N)n2)c(C(=O)O)c1. The van der Waals surface area contributed by atoms with E-state index >= 15 is 0 Å². The summed E-state index contributed by atoms with van der Waals surface area (Å²) in [7, 11) is 0. The van der Waals surface area contributed by atoms with Crippen LogP contribution in [-0.2, 0) is 0 Å². The number of rotatable bonds is 3. The Balaban J connectivity index is 2.40. The Morgan fingerprint density at radius 3 is 2.42 bits per heavy atom. The molecular formula is C12H12N4O2S. The molecule has 0 amide bonds. The summed E-state index contributed by atoms with van der Waals surface area (Å²) in [6.45, 7) is 1.83. The minimum Gasteiger partial charge on any atom is -0.478 e. The van der Waals surface area contributed by atoms with Gasteiger partial charge in [0.1, 0.15) is 11.6 Å². The average molecular weight is 276 g/mol. The van der Waals surface area contributed by atoms with Crippen LogP contribution in [0.25, 0.3) is 0 Å². The molecule has 0 atom stereocenters. The van der Waals surface area contributed by atoms with Crippen LogP contribution in [0.15, 0.2) is 34.3 Å². The van der Waals surface area contributed by atoms with E-state index in [1.807, 2.05) is 13.0 Å². The monoisotopic (exact) mass is 276 g/mol. The first-order valence-corrected chi connectivity index (χ1v) is 6.19. The highest BCUT2D eigenvalue weighted by molar-refractivity contribution is 7.99. The van der Waals surface area contributed by atoms with Crippen molar-refractivity contribution in [3.63, 3.8) is 0 Å². The summed E-state index contributed by atoms with van der Waals surface area (Å²) < 4.78 is 0. The number of aromatic carboxylic acids is 1. The van der Waals surface area contributed by atoms with Gasteiger partial charge in [-0.2, -0.15) is 0 Å². The number of hydrogen-bond acceptors (Lipinski definition) is 6. The van der Waals surface area contributed by atoms with Crippen LogP contribution in [0, 0.1) is 6.92 Å². The first-order valence-electron chi connectivity index (χ1n) is 5.37. The van der Waals surface area contributed by atoms with E-state index in [-0.39, 0.29) is 17.2 Å². The number of nitrogens with two attached hydrogens (primary N) is 2. The quantitative estimate of drug-likeness (QED) is 0.732. The number of nitrogen functional groups attached to an aromatic ring is 2. The van der Waals surface area contributed by atoms with Crippen molar-refractivity contribution in [2.24, 2.45) is 0 Å². The zero-order chi connectivity index (χ0) is 14.0. The molecule has 0 unspecified atom stereocenters. The normalized spacial score (nSPS) is 10.4. The molecule has 6 nitrogen and oxygen atoms in total. The van der Waals surface area contributed by atoms with Crippen LogP contribution in [0.5, 0.6) is 0 Å². The molecule has 2 aromatic rings. The van der Waals surface area contributed by atoms with Gasteiger partial charge in [0.15, 0.2) is 5.16 Å². The van der Waals surface area contributed by atoms with Gasteiger partial charge in [0.25, 0.3) is 0 Å². The van der Waals surface area contributed by atoms with Gasteiger partial charge < -0.3 is 16.6 Å². The Morgan fingerprint density at radius 2 is 1.84 bits per heavy atom. The van der Waals surface area contributed by atoms with Gasteiger partial charge in [-0.3, -0.25) is 0 Å². The van der Waals surface area contributed by atoms with Crippen LogP contribution >= 0.6 is 11.8 Å². The summed E-state index contributed by atoms with van der Waals surface area (Å²) in [6.07, 6.45) is 0. The zero-order valence-corrected chi connectivity index (χ0v) is 10.9. The van der Waals surface area contributed by atoms with E-state index in [1.165, 1.54) is 6.07 Å². The lowest BCUT2D eigenvalue weighted by atomic mass is 10.1. The average Bonchev–Trinajstić information content (AvgIpc) is 2.30. The minimum absolute atomic E-state index is 0.203. The van der Waals surface area contributed by atoms with Crippen LogP contribution in [0.2, 0.25) is 0 Å². The van der Waals surface area contributed by atoms with Gasteiger partial charge in [-0.15, -0.1) is 0 Å². The highest BCUT2D eigenvalue weighted by Gasteiger charge is 2.13. The molecule has 5 N–H and O–H groups in total. The van der Waals surface area contributed by atoms with Crippen molar-refractivity contribution in [2.45, 2.75) is 17.0 Å². The first kappa shape index (κ1) is 13.2. The number of carboxylic acid groups (broad SMARTS) is 1. The highest BCUT2D eigenvalue weighted by Crippen LogP contribution is 2.29. The fraction of sp³-hybridized carbons (Fsp3) is 0.0833. The van der Waals surface area contributed by atoms with Crippen molar-refractivity contribution in [3.05, 3.63) is 35.4 Å². The van der Waals surface area contributed by atoms with Gasteiger partial charge in [0.2, 0.25) is 0 Å². The van der Waals surface area contributed by atoms with Crippen molar-refractivity contribution in [1.82, 2.24) is 9.97 Å². The lowest BCUT2D eigenvalue weighted by molar-refractivity contribution is 0.0693. The Hall–Kier alpha value is -2.28. The number of aromatic nitrogens is 2. The summed E-state index contributed by atoms with van der Waals surface area (Å²) in [6, 6.07) is 6.58. The molecule has 2 rings (SSSR count). The van der Waals surface area contributed by atoms with Gasteiger partial charge in [0, 0.05) is 11.0 Å². The molecule has 1 aromatic heterocycles. The van der Waals surface area contributed by atoms with Crippen LogP contribution in [0.1, 0.15) is 15.9 Å². The predicted octanol–water partition coefficient (Wildman–Crippen LogP) is 1.80. The number of carbonyl (C=O) groups is 1. The van der Waals surface area contributed by atoms with Crippen molar-refractivity contribution < 1.29 is 9.90 Å². The summed E-state index contributed by atoms with van der Waals surface area (Å²) in [5, 5.41) is 9.50. The van der Waals surface area contributed by atoms with Crippen molar-refractivity contribution in [1.29, 1.82) is 0 Å². The van der Waals surface area contributed by atoms with Crippen molar-refractivity contribution >= 4 is 29.4 Å². The molecule has 1 aromatic carbocycles. The predicted molar refractivity (Wildman–Crippen MR) is 73.1 cm³/mol. The number of hydrogen-bond donors (Lipinski definition) is 3. The third kappa shape index (κ3) is 3.14. The molecule has 0 saturated heterocycles. The third-order valence-electron chi connectivity index (χ3n) is 2.31. The smallest absolute Gasteiger partial charge is 0.336 e. The van der Waals surface area contributed by atoms with E-state index in [4.69, 9.17) is 11.5 Å². The van der Waals surface area contributed by atoms with Gasteiger partial charge in [-0.05, 0) is 30.8 Å². The third-order valence-corrected chi connectivity index (χ3v) is 3.25. The lowest BCUT2D eigenvalue weighted by Crippen LogP contribution is -2.02. The van der Waals surface area contributed by atoms with E-state index < -0.39 is 5.97 Å². The van der Waals surface area contributed by atoms with Crippen molar-refractivity contribution in [2.75, 3.05) is 11.5 Å². The largest absolute Gasteiger partial charge is 0.478 e. The molecule has 1 heterocycles. The molecule has 0 aliphatic carbocycles. The molecule has 0 aliphatic rings. The molecule has 0 fully saturated rings. The second-order valence-electron chi connectivity index (χ2n) is 3.91. The van der Waals surface area contributed by atoms with Gasteiger partial charge in [-0.1, -0.05) is 11.6 Å². The Bertz CT molecular complexity index is 625. The second-order valence-corrected chi connectivity index (χ2v) is 4.92.